The lowest BCUT2D eigenvalue weighted by molar-refractivity contribution is -0.140. The van der Waals surface area contributed by atoms with E-state index in [2.05, 4.69) is 11.0 Å². The second-order valence-corrected chi connectivity index (χ2v) is 8.69. The number of sulfone groups is 1. The zero-order chi connectivity index (χ0) is 17.9. The molecule has 0 unspecified atom stereocenters. The van der Waals surface area contributed by atoms with Crippen LogP contribution < -0.4 is 0 Å². The average molecular weight is 364 g/mol. The Morgan fingerprint density at radius 2 is 1.92 bits per heavy atom. The van der Waals surface area contributed by atoms with Crippen molar-refractivity contribution in [3.63, 3.8) is 0 Å². The van der Waals surface area contributed by atoms with E-state index in [0.717, 1.165) is 5.56 Å². The summed E-state index contributed by atoms with van der Waals surface area (Å²) in [5.74, 6) is 0.0358. The Balaban J connectivity index is 1.70. The van der Waals surface area contributed by atoms with Gasteiger partial charge >= 0.3 is 0 Å². The van der Waals surface area contributed by atoms with Gasteiger partial charge in [-0.1, -0.05) is 42.5 Å². The lowest BCUT2D eigenvalue weighted by Gasteiger charge is -2.43. The summed E-state index contributed by atoms with van der Waals surface area (Å²) in [5, 5.41) is 0. The van der Waals surface area contributed by atoms with Crippen molar-refractivity contribution in [1.29, 1.82) is 0 Å². The maximum Gasteiger partial charge on any atom is 0.248 e. The van der Waals surface area contributed by atoms with Crippen molar-refractivity contribution >= 4 is 21.8 Å². The first-order valence-corrected chi connectivity index (χ1v) is 10.3. The van der Waals surface area contributed by atoms with Gasteiger partial charge in [-0.15, -0.1) is 0 Å². The number of hydrogen-bond donors (Lipinski definition) is 0. The summed E-state index contributed by atoms with van der Waals surface area (Å²) < 4.78 is 29.2. The Labute approximate surface area is 149 Å². The van der Waals surface area contributed by atoms with Gasteiger partial charge in [0.2, 0.25) is 5.91 Å². The van der Waals surface area contributed by atoms with E-state index in [1.54, 1.807) is 4.90 Å². The highest BCUT2D eigenvalue weighted by atomic mass is 32.2. The highest BCUT2D eigenvalue weighted by Crippen LogP contribution is 2.27. The topological polar surface area (TPSA) is 66.9 Å². The predicted octanol–water partition coefficient (Wildman–Crippen LogP) is 0.656. The molecule has 2 atom stereocenters. The molecule has 136 valence electrons. The molecule has 1 aromatic carbocycles. The maximum absolute atomic E-state index is 12.2. The Morgan fingerprint density at radius 1 is 1.20 bits per heavy atom. The van der Waals surface area contributed by atoms with Crippen molar-refractivity contribution in [3.05, 3.63) is 42.0 Å². The van der Waals surface area contributed by atoms with Gasteiger partial charge in [0.25, 0.3) is 0 Å². The highest BCUT2D eigenvalue weighted by molar-refractivity contribution is 7.91. The van der Waals surface area contributed by atoms with Crippen LogP contribution in [0.15, 0.2) is 36.4 Å². The molecule has 0 radical (unpaired) electrons. The monoisotopic (exact) mass is 364 g/mol. The van der Waals surface area contributed by atoms with E-state index in [9.17, 15) is 13.2 Å². The quantitative estimate of drug-likeness (QED) is 0.768. The van der Waals surface area contributed by atoms with E-state index in [4.69, 9.17) is 4.74 Å². The summed E-state index contributed by atoms with van der Waals surface area (Å²) in [6, 6.07) is 9.59. The number of ether oxygens (including phenoxy) is 1. The summed E-state index contributed by atoms with van der Waals surface area (Å²) in [7, 11) is -1.64. The molecule has 0 aliphatic carbocycles. The fourth-order valence-corrected chi connectivity index (χ4v) is 5.67. The second-order valence-electron chi connectivity index (χ2n) is 6.54. The van der Waals surface area contributed by atoms with E-state index < -0.39 is 9.84 Å². The minimum Gasteiger partial charge on any atom is -0.375 e. The molecule has 0 bridgehead atoms. The van der Waals surface area contributed by atoms with Crippen LogP contribution in [-0.4, -0.2) is 81.1 Å². The van der Waals surface area contributed by atoms with E-state index in [-0.39, 0.29) is 36.1 Å². The summed E-state index contributed by atoms with van der Waals surface area (Å²) in [5.41, 5.74) is 1.12. The molecule has 1 amide bonds. The molecule has 2 aliphatic heterocycles. The molecular formula is C18H24N2O4S. The molecule has 1 aromatic rings. The molecular weight excluding hydrogens is 340 g/mol. The number of amides is 1. The van der Waals surface area contributed by atoms with Gasteiger partial charge in [-0.2, -0.15) is 0 Å². The van der Waals surface area contributed by atoms with Crippen LogP contribution in [0.3, 0.4) is 0 Å². The van der Waals surface area contributed by atoms with Crippen LogP contribution in [-0.2, 0) is 19.4 Å². The van der Waals surface area contributed by atoms with Crippen LogP contribution in [0.5, 0.6) is 0 Å². The number of methoxy groups -OCH3 is 1. The minimum absolute atomic E-state index is 0.00280. The molecule has 7 heteroatoms. The molecule has 2 saturated heterocycles. The Bertz CT molecular complexity index is 733. The SMILES string of the molecule is COCC(=O)N1CCN(C/C=C/c2ccccc2)[C@@H]2CS(=O)(=O)C[C@@H]21. The minimum atomic E-state index is -3.12. The number of rotatable bonds is 5. The van der Waals surface area contributed by atoms with Gasteiger partial charge in [0.05, 0.1) is 17.5 Å². The first kappa shape index (κ1) is 18.1. The van der Waals surface area contributed by atoms with Crippen LogP contribution in [0.1, 0.15) is 5.56 Å². The Hall–Kier alpha value is -1.70. The van der Waals surface area contributed by atoms with Crippen LogP contribution in [0.2, 0.25) is 0 Å². The van der Waals surface area contributed by atoms with Crippen LogP contribution >= 0.6 is 0 Å². The van der Waals surface area contributed by atoms with Crippen LogP contribution in [0.25, 0.3) is 6.08 Å². The summed E-state index contributed by atoms with van der Waals surface area (Å²) in [6.07, 6.45) is 4.10. The molecule has 25 heavy (non-hydrogen) atoms. The van der Waals surface area contributed by atoms with Crippen molar-refractivity contribution in [1.82, 2.24) is 9.80 Å². The molecule has 0 aromatic heterocycles. The van der Waals surface area contributed by atoms with Crippen molar-refractivity contribution in [2.75, 3.05) is 44.9 Å². The number of hydrogen-bond acceptors (Lipinski definition) is 5. The molecule has 2 aliphatic rings. The first-order valence-electron chi connectivity index (χ1n) is 8.44. The van der Waals surface area contributed by atoms with E-state index >= 15 is 0 Å². The fourth-order valence-electron chi connectivity index (χ4n) is 3.66. The number of benzene rings is 1. The summed E-state index contributed by atoms with van der Waals surface area (Å²) in [4.78, 5) is 16.1. The van der Waals surface area contributed by atoms with Gasteiger partial charge in [0.1, 0.15) is 6.61 Å². The fraction of sp³-hybridized carbons (Fsp3) is 0.500. The zero-order valence-electron chi connectivity index (χ0n) is 14.4. The Morgan fingerprint density at radius 3 is 2.64 bits per heavy atom. The molecule has 6 nitrogen and oxygen atoms in total. The molecule has 0 spiro atoms. The second kappa shape index (κ2) is 7.68. The highest BCUT2D eigenvalue weighted by Gasteiger charge is 2.47. The van der Waals surface area contributed by atoms with Crippen molar-refractivity contribution < 1.29 is 17.9 Å². The molecule has 0 N–H and O–H groups in total. The van der Waals surface area contributed by atoms with Gasteiger partial charge in [-0.3, -0.25) is 9.69 Å². The zero-order valence-corrected chi connectivity index (χ0v) is 15.2. The number of piperazine rings is 1. The number of fused-ring (bicyclic) bond motifs is 1. The van der Waals surface area contributed by atoms with Crippen LogP contribution in [0, 0.1) is 0 Å². The van der Waals surface area contributed by atoms with Crippen LogP contribution in [0.4, 0.5) is 0 Å². The smallest absolute Gasteiger partial charge is 0.248 e. The largest absolute Gasteiger partial charge is 0.375 e. The molecule has 2 fully saturated rings. The lowest BCUT2D eigenvalue weighted by Crippen LogP contribution is -2.61. The third-order valence-electron chi connectivity index (χ3n) is 4.83. The van der Waals surface area contributed by atoms with Gasteiger partial charge in [0, 0.05) is 32.8 Å². The van der Waals surface area contributed by atoms with Gasteiger partial charge in [-0.05, 0) is 5.56 Å². The van der Waals surface area contributed by atoms with Gasteiger partial charge in [-0.25, -0.2) is 8.42 Å². The summed E-state index contributed by atoms with van der Waals surface area (Å²) in [6.45, 7) is 1.89. The van der Waals surface area contributed by atoms with E-state index in [1.165, 1.54) is 7.11 Å². The average Bonchev–Trinajstić information content (AvgIpc) is 2.91. The van der Waals surface area contributed by atoms with E-state index in [1.807, 2.05) is 36.4 Å². The maximum atomic E-state index is 12.2. The third kappa shape index (κ3) is 4.29. The van der Waals surface area contributed by atoms with Gasteiger partial charge < -0.3 is 9.64 Å². The lowest BCUT2D eigenvalue weighted by atomic mass is 10.0. The van der Waals surface area contributed by atoms with Crippen molar-refractivity contribution in [2.24, 2.45) is 0 Å². The number of nitrogens with zero attached hydrogens (tertiary/aromatic N) is 2. The summed E-state index contributed by atoms with van der Waals surface area (Å²) >= 11 is 0. The molecule has 0 saturated carbocycles. The van der Waals surface area contributed by atoms with Crippen molar-refractivity contribution in [3.8, 4) is 0 Å². The third-order valence-corrected chi connectivity index (χ3v) is 6.53. The Kier molecular flexibility index (Phi) is 5.56. The molecule has 3 rings (SSSR count). The first-order chi connectivity index (χ1) is 12.0. The molecule has 2 heterocycles. The van der Waals surface area contributed by atoms with E-state index in [0.29, 0.717) is 19.6 Å². The standard InChI is InChI=1S/C18H24N2O4S/c1-24-12-18(21)20-11-10-19(16-13-25(22,23)14-17(16)20)9-5-8-15-6-3-2-4-7-15/h2-8,16-17H,9-14H2,1H3/b8-5+/t16-,17+/m1/s1. The van der Waals surface area contributed by atoms with Crippen molar-refractivity contribution in [2.45, 2.75) is 12.1 Å². The predicted molar refractivity (Wildman–Crippen MR) is 96.9 cm³/mol. The van der Waals surface area contributed by atoms with Gasteiger partial charge in [0.15, 0.2) is 9.84 Å². The number of carbonyl (C=O) groups excluding carboxylic acids is 1. The normalized spacial score (nSPS) is 26.0. The number of carbonyl (C=O) groups is 1.